The van der Waals surface area contributed by atoms with E-state index in [1.54, 1.807) is 12.1 Å². The van der Waals surface area contributed by atoms with E-state index >= 15 is 0 Å². The molecule has 0 aromatic carbocycles. The van der Waals surface area contributed by atoms with Gasteiger partial charge in [-0.25, -0.2) is 14.8 Å². The fourth-order valence-electron chi connectivity index (χ4n) is 4.70. The monoisotopic (exact) mass is 510 g/mol. The zero-order chi connectivity index (χ0) is 25.1. The van der Waals surface area contributed by atoms with Gasteiger partial charge in [-0.15, -0.1) is 0 Å². The van der Waals surface area contributed by atoms with Crippen LogP contribution in [0, 0.1) is 11.8 Å². The molecule has 1 fully saturated rings. The fourth-order valence-corrected chi connectivity index (χ4v) is 4.89. The number of fused-ring (bicyclic) bond motifs is 2. The Labute approximate surface area is 213 Å². The van der Waals surface area contributed by atoms with E-state index in [4.69, 9.17) is 21.1 Å². The van der Waals surface area contributed by atoms with Crippen LogP contribution in [0.1, 0.15) is 31.4 Å². The van der Waals surface area contributed by atoms with E-state index in [2.05, 4.69) is 30.9 Å². The first-order chi connectivity index (χ1) is 17.5. The third kappa shape index (κ3) is 5.34. The summed E-state index contributed by atoms with van der Waals surface area (Å²) in [7, 11) is 1.54. The number of esters is 1. The number of hydrogen-bond acceptors (Lipinski definition) is 9. The normalized spacial score (nSPS) is 19.2. The number of methoxy groups -OCH3 is 1. The molecule has 10 nitrogen and oxygen atoms in total. The zero-order valence-corrected chi connectivity index (χ0v) is 20.6. The van der Waals surface area contributed by atoms with Gasteiger partial charge in [-0.05, 0) is 49.9 Å². The quantitative estimate of drug-likeness (QED) is 0.409. The van der Waals surface area contributed by atoms with E-state index in [1.807, 2.05) is 12.1 Å². The Balaban J connectivity index is 1.18. The predicted molar refractivity (Wildman–Crippen MR) is 135 cm³/mol. The highest BCUT2D eigenvalue weighted by Crippen LogP contribution is 2.33. The van der Waals surface area contributed by atoms with Crippen molar-refractivity contribution in [3.63, 3.8) is 0 Å². The summed E-state index contributed by atoms with van der Waals surface area (Å²) < 4.78 is 10.4. The second-order valence-electron chi connectivity index (χ2n) is 9.04. The number of pyridine rings is 3. The Morgan fingerprint density at radius 1 is 1.25 bits per heavy atom. The molecule has 1 saturated carbocycles. The van der Waals surface area contributed by atoms with Crippen molar-refractivity contribution in [1.29, 1.82) is 0 Å². The van der Waals surface area contributed by atoms with Crippen LogP contribution in [0.5, 0.6) is 11.8 Å². The minimum atomic E-state index is -0.345. The summed E-state index contributed by atoms with van der Waals surface area (Å²) in [4.78, 5) is 37.8. The average molecular weight is 511 g/mol. The summed E-state index contributed by atoms with van der Waals surface area (Å²) in [5, 5.41) is 9.76. The van der Waals surface area contributed by atoms with E-state index in [0.29, 0.717) is 46.0 Å². The van der Waals surface area contributed by atoms with Crippen LogP contribution in [-0.4, -0.2) is 47.0 Å². The molecule has 2 aliphatic rings. The summed E-state index contributed by atoms with van der Waals surface area (Å²) in [6, 6.07) is 7.27. The second-order valence-corrected chi connectivity index (χ2v) is 9.44. The Bertz CT molecular complexity index is 1300. The topological polar surface area (TPSA) is 127 Å². The number of nitrogens with one attached hydrogen (secondary N) is 3. The van der Waals surface area contributed by atoms with Crippen LogP contribution in [0.2, 0.25) is 5.02 Å². The minimum Gasteiger partial charge on any atom is -0.481 e. The summed E-state index contributed by atoms with van der Waals surface area (Å²) >= 11 is 6.38. The molecular formula is C25H27ClN6O4. The molecule has 2 unspecified atom stereocenters. The molecule has 1 aliphatic carbocycles. The summed E-state index contributed by atoms with van der Waals surface area (Å²) in [5.41, 5.74) is 3.09. The largest absolute Gasteiger partial charge is 0.481 e. The van der Waals surface area contributed by atoms with Gasteiger partial charge in [-0.3, -0.25) is 9.78 Å². The maximum absolute atomic E-state index is 13.2. The lowest BCUT2D eigenvalue weighted by atomic mass is 9.81. The third-order valence-electron chi connectivity index (χ3n) is 6.54. The lowest BCUT2D eigenvalue weighted by Gasteiger charge is -2.28. The zero-order valence-electron chi connectivity index (χ0n) is 19.8. The number of ether oxygens (including phenoxy) is 2. The van der Waals surface area contributed by atoms with E-state index in [-0.39, 0.29) is 24.3 Å². The van der Waals surface area contributed by atoms with Crippen molar-refractivity contribution in [1.82, 2.24) is 20.3 Å². The van der Waals surface area contributed by atoms with Crippen LogP contribution in [0.15, 0.2) is 30.5 Å². The van der Waals surface area contributed by atoms with Crippen LogP contribution in [0.3, 0.4) is 0 Å². The van der Waals surface area contributed by atoms with Crippen molar-refractivity contribution >= 4 is 45.9 Å². The number of aromatic nitrogens is 3. The molecule has 1 amide bonds. The first-order valence-corrected chi connectivity index (χ1v) is 12.3. The molecule has 188 valence electrons. The van der Waals surface area contributed by atoms with Gasteiger partial charge in [0.25, 0.3) is 0 Å². The average Bonchev–Trinajstić information content (AvgIpc) is 2.90. The lowest BCUT2D eigenvalue weighted by Crippen LogP contribution is -2.32. The van der Waals surface area contributed by atoms with E-state index < -0.39 is 0 Å². The molecule has 0 spiro atoms. The van der Waals surface area contributed by atoms with E-state index in [1.165, 1.54) is 13.3 Å². The smallest absolute Gasteiger partial charge is 0.332 e. The highest BCUT2D eigenvalue weighted by molar-refractivity contribution is 6.35. The molecular weight excluding hydrogens is 484 g/mol. The molecule has 2 atom stereocenters. The molecule has 0 bridgehead atoms. The molecule has 0 radical (unpaired) electrons. The van der Waals surface area contributed by atoms with Crippen LogP contribution < -0.4 is 25.4 Å². The molecule has 3 N–H and O–H groups in total. The number of carbonyl (C=O) groups excluding carboxylic acids is 2. The number of rotatable bonds is 7. The van der Waals surface area contributed by atoms with Crippen molar-refractivity contribution in [2.45, 2.75) is 32.2 Å². The molecule has 3 aromatic rings. The third-order valence-corrected chi connectivity index (χ3v) is 6.83. The van der Waals surface area contributed by atoms with Crippen molar-refractivity contribution in [2.24, 2.45) is 11.8 Å². The number of amides is 1. The van der Waals surface area contributed by atoms with E-state index in [9.17, 15) is 9.59 Å². The van der Waals surface area contributed by atoms with Crippen molar-refractivity contribution in [2.75, 3.05) is 30.8 Å². The Morgan fingerprint density at radius 3 is 3.00 bits per heavy atom. The van der Waals surface area contributed by atoms with Gasteiger partial charge in [0.1, 0.15) is 12.1 Å². The number of nitrogens with zero attached hydrogens (tertiary/aromatic N) is 3. The molecule has 5 rings (SSSR count). The first kappa shape index (κ1) is 24.2. The van der Waals surface area contributed by atoms with Gasteiger partial charge in [-0.2, -0.15) is 0 Å². The first-order valence-electron chi connectivity index (χ1n) is 12.0. The molecule has 3 aromatic heterocycles. The van der Waals surface area contributed by atoms with Crippen LogP contribution >= 0.6 is 11.6 Å². The number of hydrogen-bond donors (Lipinski definition) is 3. The van der Waals surface area contributed by atoms with Gasteiger partial charge >= 0.3 is 5.97 Å². The SMILES string of the molecule is COc1ccc2ncc(Cl)c(NC(=O)C3CCCC(CNCc4ccc5c(n4)OC(=O)CN5)C3)c2n1. The summed E-state index contributed by atoms with van der Waals surface area (Å²) in [6.07, 6.45) is 5.14. The van der Waals surface area contributed by atoms with Gasteiger partial charge in [0.2, 0.25) is 17.7 Å². The van der Waals surface area contributed by atoms with Crippen molar-refractivity contribution in [3.05, 3.63) is 41.2 Å². The lowest BCUT2D eigenvalue weighted by molar-refractivity contribution is -0.133. The maximum atomic E-state index is 13.2. The van der Waals surface area contributed by atoms with Gasteiger partial charge < -0.3 is 25.4 Å². The molecule has 0 saturated heterocycles. The Kier molecular flexibility index (Phi) is 7.15. The molecule has 1 aliphatic heterocycles. The Morgan fingerprint density at radius 2 is 2.14 bits per heavy atom. The van der Waals surface area contributed by atoms with Crippen molar-refractivity contribution in [3.8, 4) is 11.8 Å². The van der Waals surface area contributed by atoms with Gasteiger partial charge in [0.05, 0.1) is 34.7 Å². The van der Waals surface area contributed by atoms with Crippen LogP contribution in [-0.2, 0) is 16.1 Å². The van der Waals surface area contributed by atoms with E-state index in [0.717, 1.165) is 43.6 Å². The fraction of sp³-hybridized carbons (Fsp3) is 0.400. The summed E-state index contributed by atoms with van der Waals surface area (Å²) in [6.45, 7) is 1.46. The van der Waals surface area contributed by atoms with Gasteiger partial charge in [0, 0.05) is 24.7 Å². The standard InChI is InChI=1S/C25H27ClN6O4/c1-35-20-8-7-18-23(31-20)22(17(26)12-28-18)32-24(34)15-4-2-3-14(9-15)10-27-11-16-5-6-19-25(30-16)36-21(33)13-29-19/h5-8,12,14-15,27,29H,2-4,9-11,13H2,1H3,(H,28,32,34). The minimum absolute atomic E-state index is 0.0654. The number of anilines is 2. The highest BCUT2D eigenvalue weighted by atomic mass is 35.5. The van der Waals surface area contributed by atoms with Crippen LogP contribution in [0.25, 0.3) is 11.0 Å². The van der Waals surface area contributed by atoms with Crippen LogP contribution in [0.4, 0.5) is 11.4 Å². The Hall–Kier alpha value is -3.50. The second kappa shape index (κ2) is 10.6. The number of halogens is 1. The summed E-state index contributed by atoms with van der Waals surface area (Å²) in [5.74, 6) is 0.562. The molecule has 11 heteroatoms. The van der Waals surface area contributed by atoms with Crippen molar-refractivity contribution < 1.29 is 19.1 Å². The highest BCUT2D eigenvalue weighted by Gasteiger charge is 2.28. The van der Waals surface area contributed by atoms with Gasteiger partial charge in [0.15, 0.2) is 0 Å². The van der Waals surface area contributed by atoms with Gasteiger partial charge in [-0.1, -0.05) is 18.0 Å². The molecule has 36 heavy (non-hydrogen) atoms. The maximum Gasteiger partial charge on any atom is 0.332 e. The number of carbonyl (C=O) groups is 2. The molecule has 4 heterocycles. The predicted octanol–water partition coefficient (Wildman–Crippen LogP) is 3.55.